The molecule has 0 aromatic rings. The van der Waals surface area contributed by atoms with Crippen molar-refractivity contribution < 1.29 is 0 Å². The van der Waals surface area contributed by atoms with E-state index in [0.29, 0.717) is 6.04 Å². The lowest BCUT2D eigenvalue weighted by molar-refractivity contribution is 0.361. The van der Waals surface area contributed by atoms with Gasteiger partial charge in [0, 0.05) is 19.6 Å². The Hall–Kier alpha value is -1.28. The van der Waals surface area contributed by atoms with E-state index in [9.17, 15) is 0 Å². The lowest BCUT2D eigenvalue weighted by atomic mass is 10.2. The first-order valence-electron chi connectivity index (χ1n) is 6.71. The van der Waals surface area contributed by atoms with Crippen LogP contribution in [0.1, 0.15) is 26.7 Å². The van der Waals surface area contributed by atoms with Crippen LogP contribution >= 0.6 is 0 Å². The van der Waals surface area contributed by atoms with Crippen LogP contribution in [-0.4, -0.2) is 30.6 Å². The molecule has 0 bridgehead atoms. The van der Waals surface area contributed by atoms with Crippen molar-refractivity contribution in [3.8, 4) is 0 Å². The molecule has 1 rings (SSSR count). The van der Waals surface area contributed by atoms with Gasteiger partial charge in [0.15, 0.2) is 0 Å². The molecular weight excluding hydrogens is 220 g/mol. The summed E-state index contributed by atoms with van der Waals surface area (Å²) in [5.74, 6) is 0. The number of hydrogen-bond acceptors (Lipinski definition) is 2. The molecule has 2 heteroatoms. The van der Waals surface area contributed by atoms with E-state index < -0.39 is 0 Å². The van der Waals surface area contributed by atoms with Crippen LogP contribution in [0.25, 0.3) is 0 Å². The molecule has 0 aromatic heterocycles. The van der Waals surface area contributed by atoms with E-state index in [4.69, 9.17) is 0 Å². The molecule has 1 aliphatic rings. The minimum atomic E-state index is 0.373. The topological polar surface area (TPSA) is 15.3 Å². The van der Waals surface area contributed by atoms with Gasteiger partial charge in [-0.1, -0.05) is 37.0 Å². The number of allylic oxidation sites excluding steroid dienone is 3. The average molecular weight is 246 g/mol. The third-order valence-corrected chi connectivity index (χ3v) is 3.21. The van der Waals surface area contributed by atoms with E-state index in [1.54, 1.807) is 6.20 Å². The summed E-state index contributed by atoms with van der Waals surface area (Å²) >= 11 is 0. The highest BCUT2D eigenvalue weighted by Gasteiger charge is 2.24. The molecule has 1 fully saturated rings. The fourth-order valence-electron chi connectivity index (χ4n) is 2.29. The summed E-state index contributed by atoms with van der Waals surface area (Å²) < 4.78 is 0. The quantitative estimate of drug-likeness (QED) is 0.548. The molecule has 0 aliphatic carbocycles. The zero-order chi connectivity index (χ0) is 13.4. The Kier molecular flexibility index (Phi) is 6.51. The first kappa shape index (κ1) is 14.8. The smallest absolute Gasteiger partial charge is 0.0605 e. The molecular formula is C16H26N2. The van der Waals surface area contributed by atoms with Gasteiger partial charge in [-0.15, -0.1) is 0 Å². The normalized spacial score (nSPS) is 21.8. The van der Waals surface area contributed by atoms with Gasteiger partial charge in [-0.2, -0.15) is 0 Å². The lowest BCUT2D eigenvalue weighted by Gasteiger charge is -2.15. The zero-order valence-electron chi connectivity index (χ0n) is 11.8. The van der Waals surface area contributed by atoms with Crippen LogP contribution in [0.5, 0.6) is 0 Å². The highest BCUT2D eigenvalue weighted by atomic mass is 15.2. The van der Waals surface area contributed by atoms with Crippen molar-refractivity contribution in [2.45, 2.75) is 32.7 Å². The van der Waals surface area contributed by atoms with Crippen LogP contribution in [0.4, 0.5) is 0 Å². The average Bonchev–Trinajstić information content (AvgIpc) is 2.66. The molecule has 1 saturated heterocycles. The van der Waals surface area contributed by atoms with Gasteiger partial charge in [0.1, 0.15) is 0 Å². The fourth-order valence-corrected chi connectivity index (χ4v) is 2.29. The van der Waals surface area contributed by atoms with E-state index in [1.807, 2.05) is 0 Å². The Balaban J connectivity index is 2.34. The molecule has 0 saturated carbocycles. The molecule has 100 valence electrons. The summed E-state index contributed by atoms with van der Waals surface area (Å²) in [6, 6.07) is 0.373. The second-order valence-corrected chi connectivity index (χ2v) is 4.95. The molecule has 1 aliphatic heterocycles. The van der Waals surface area contributed by atoms with Gasteiger partial charge in [-0.3, -0.25) is 4.90 Å². The fraction of sp³-hybridized carbons (Fsp3) is 0.500. The first-order chi connectivity index (χ1) is 8.67. The monoisotopic (exact) mass is 246 g/mol. The second kappa shape index (κ2) is 7.93. The van der Waals surface area contributed by atoms with E-state index in [-0.39, 0.29) is 0 Å². The van der Waals surface area contributed by atoms with E-state index in [1.165, 1.54) is 11.1 Å². The summed E-state index contributed by atoms with van der Waals surface area (Å²) in [6.07, 6.45) is 10.7. The molecule has 18 heavy (non-hydrogen) atoms. The molecule has 1 N–H and O–H groups in total. The minimum absolute atomic E-state index is 0.373. The van der Waals surface area contributed by atoms with Crippen molar-refractivity contribution in [3.63, 3.8) is 0 Å². The summed E-state index contributed by atoms with van der Waals surface area (Å²) in [5, 5.41) is 3.25. The summed E-state index contributed by atoms with van der Waals surface area (Å²) in [4.78, 5) is 2.44. The molecule has 0 amide bonds. The van der Waals surface area contributed by atoms with Gasteiger partial charge in [-0.05, 0) is 38.5 Å². The lowest BCUT2D eigenvalue weighted by Crippen LogP contribution is -2.30. The van der Waals surface area contributed by atoms with Crippen molar-refractivity contribution >= 4 is 0 Å². The predicted molar refractivity (Wildman–Crippen MR) is 80.5 cm³/mol. The molecule has 1 heterocycles. The number of rotatable bonds is 7. The van der Waals surface area contributed by atoms with E-state index in [2.05, 4.69) is 55.5 Å². The Labute approximate surface area is 112 Å². The standard InChI is InChI=1S/C16H26N2/c1-5-7-8-9-10-14(3)11-18-12-15(4)16(13-18)17-6-2/h5-7,10,16-17H,2,4,8-9,11-13H2,1,3H3/b7-5-,14-10+. The van der Waals surface area contributed by atoms with Crippen LogP contribution in [0.15, 0.2) is 48.7 Å². The van der Waals surface area contributed by atoms with Crippen molar-refractivity contribution in [2.24, 2.45) is 0 Å². The van der Waals surface area contributed by atoms with Crippen LogP contribution in [0.3, 0.4) is 0 Å². The molecule has 2 nitrogen and oxygen atoms in total. The summed E-state index contributed by atoms with van der Waals surface area (Å²) in [5.41, 5.74) is 2.71. The Morgan fingerprint density at radius 1 is 1.50 bits per heavy atom. The second-order valence-electron chi connectivity index (χ2n) is 4.95. The van der Waals surface area contributed by atoms with Gasteiger partial charge < -0.3 is 5.32 Å². The first-order valence-corrected chi connectivity index (χ1v) is 6.71. The van der Waals surface area contributed by atoms with Crippen molar-refractivity contribution in [1.29, 1.82) is 0 Å². The van der Waals surface area contributed by atoms with Crippen LogP contribution < -0.4 is 5.32 Å². The Morgan fingerprint density at radius 3 is 2.94 bits per heavy atom. The maximum atomic E-state index is 4.12. The summed E-state index contributed by atoms with van der Waals surface area (Å²) in [6.45, 7) is 15.2. The SMILES string of the molecule is C=CNC1CN(C/C(C)=C/CC/C=C\C)CC1=C. The van der Waals surface area contributed by atoms with Gasteiger partial charge in [0.25, 0.3) is 0 Å². The van der Waals surface area contributed by atoms with Crippen molar-refractivity contribution in [2.75, 3.05) is 19.6 Å². The van der Waals surface area contributed by atoms with Crippen molar-refractivity contribution in [3.05, 3.63) is 48.7 Å². The van der Waals surface area contributed by atoms with Crippen LogP contribution in [0, 0.1) is 0 Å². The highest BCUT2D eigenvalue weighted by Crippen LogP contribution is 2.15. The molecule has 1 atom stereocenters. The number of unbranched alkanes of at least 4 members (excludes halogenated alkanes) is 1. The highest BCUT2D eigenvalue weighted by molar-refractivity contribution is 5.17. The molecule has 1 unspecified atom stereocenters. The van der Waals surface area contributed by atoms with Gasteiger partial charge in [0.05, 0.1) is 6.04 Å². The maximum Gasteiger partial charge on any atom is 0.0605 e. The molecule has 0 radical (unpaired) electrons. The Bertz CT molecular complexity index is 339. The number of nitrogens with zero attached hydrogens (tertiary/aromatic N) is 1. The minimum Gasteiger partial charge on any atom is -0.384 e. The van der Waals surface area contributed by atoms with E-state index in [0.717, 1.165) is 32.5 Å². The Morgan fingerprint density at radius 2 is 2.28 bits per heavy atom. The number of nitrogens with one attached hydrogen (secondary N) is 1. The van der Waals surface area contributed by atoms with Crippen LogP contribution in [0.2, 0.25) is 0 Å². The van der Waals surface area contributed by atoms with Gasteiger partial charge >= 0.3 is 0 Å². The summed E-state index contributed by atoms with van der Waals surface area (Å²) in [7, 11) is 0. The largest absolute Gasteiger partial charge is 0.384 e. The third kappa shape index (κ3) is 4.92. The zero-order valence-corrected chi connectivity index (χ0v) is 11.8. The molecule has 0 aromatic carbocycles. The van der Waals surface area contributed by atoms with Gasteiger partial charge in [-0.25, -0.2) is 0 Å². The maximum absolute atomic E-state index is 4.12. The number of hydrogen-bond donors (Lipinski definition) is 1. The van der Waals surface area contributed by atoms with Gasteiger partial charge in [0.2, 0.25) is 0 Å². The van der Waals surface area contributed by atoms with Crippen LogP contribution in [-0.2, 0) is 0 Å². The molecule has 0 spiro atoms. The van der Waals surface area contributed by atoms with Crippen molar-refractivity contribution in [1.82, 2.24) is 10.2 Å². The van der Waals surface area contributed by atoms with E-state index >= 15 is 0 Å². The predicted octanol–water partition coefficient (Wildman–Crippen LogP) is 3.26. The third-order valence-electron chi connectivity index (χ3n) is 3.21. The number of likely N-dealkylation sites (tertiary alicyclic amines) is 1.